The topological polar surface area (TPSA) is 15.3 Å². The van der Waals surface area contributed by atoms with Crippen molar-refractivity contribution in [3.05, 3.63) is 43.7 Å². The van der Waals surface area contributed by atoms with Gasteiger partial charge in [0.25, 0.3) is 0 Å². The van der Waals surface area contributed by atoms with Gasteiger partial charge in [-0.1, -0.05) is 11.6 Å². The van der Waals surface area contributed by atoms with E-state index in [0.717, 1.165) is 24.2 Å². The molecule has 0 bridgehead atoms. The zero-order valence-electron chi connectivity index (χ0n) is 13.0. The fraction of sp³-hybridized carbons (Fsp3) is 0.529. The van der Waals surface area contributed by atoms with Crippen LogP contribution in [0, 0.1) is 5.41 Å². The number of rotatable bonds is 5. The van der Waals surface area contributed by atoms with E-state index in [9.17, 15) is 0 Å². The van der Waals surface area contributed by atoms with E-state index in [2.05, 4.69) is 32.4 Å². The number of nitrogens with zero attached hydrogens (tertiary/aromatic N) is 1. The molecule has 23 heavy (non-hydrogen) atoms. The minimum Gasteiger partial charge on any atom is -0.317 e. The van der Waals surface area contributed by atoms with Gasteiger partial charge in [0.05, 0.1) is 5.02 Å². The van der Waals surface area contributed by atoms with Crippen LogP contribution in [0.3, 0.4) is 0 Å². The van der Waals surface area contributed by atoms with Crippen LogP contribution in [0.15, 0.2) is 28.3 Å². The van der Waals surface area contributed by atoms with Crippen LogP contribution in [0.1, 0.15) is 29.7 Å². The van der Waals surface area contributed by atoms with Crippen LogP contribution in [-0.4, -0.2) is 24.0 Å². The standard InChI is InChI=1S/C17H21ClN2S2.ClH/c18-14-2-8-22-15(14)11-20(10-13-1-7-21-12-13)16-9-17(16)3-5-19-6-4-17;/h1-2,7-8,12,16,19H,3-6,9-11H2;1H. The lowest BCUT2D eigenvalue weighted by atomic mass is 9.93. The van der Waals surface area contributed by atoms with Gasteiger partial charge in [0.1, 0.15) is 0 Å². The van der Waals surface area contributed by atoms with Crippen LogP contribution in [0.4, 0.5) is 0 Å². The van der Waals surface area contributed by atoms with Gasteiger partial charge < -0.3 is 5.32 Å². The molecule has 1 aliphatic heterocycles. The molecule has 4 rings (SSSR count). The molecule has 6 heteroatoms. The number of piperidine rings is 1. The molecule has 1 saturated carbocycles. The Morgan fingerprint density at radius 1 is 1.22 bits per heavy atom. The zero-order chi connectivity index (χ0) is 15.0. The number of nitrogens with one attached hydrogen (secondary N) is 1. The third-order valence-corrected chi connectivity index (χ3v) is 7.29. The Morgan fingerprint density at radius 3 is 2.70 bits per heavy atom. The molecule has 126 valence electrons. The molecule has 0 radical (unpaired) electrons. The molecule has 1 aliphatic carbocycles. The first kappa shape index (κ1) is 17.7. The van der Waals surface area contributed by atoms with E-state index >= 15 is 0 Å². The smallest absolute Gasteiger partial charge is 0.0558 e. The van der Waals surface area contributed by atoms with E-state index in [1.54, 1.807) is 22.7 Å². The van der Waals surface area contributed by atoms with Crippen LogP contribution >= 0.6 is 46.7 Å². The maximum absolute atomic E-state index is 6.34. The Bertz CT molecular complexity index is 620. The van der Waals surface area contributed by atoms with Crippen molar-refractivity contribution in [1.29, 1.82) is 0 Å². The molecule has 1 unspecified atom stereocenters. The summed E-state index contributed by atoms with van der Waals surface area (Å²) in [7, 11) is 0. The number of hydrogen-bond donors (Lipinski definition) is 1. The second-order valence-electron chi connectivity index (χ2n) is 6.56. The summed E-state index contributed by atoms with van der Waals surface area (Å²) in [4.78, 5) is 3.98. The van der Waals surface area contributed by atoms with Crippen molar-refractivity contribution < 1.29 is 0 Å². The summed E-state index contributed by atoms with van der Waals surface area (Å²) >= 11 is 9.92. The molecule has 2 aliphatic rings. The molecular weight excluding hydrogens is 367 g/mol. The Hall–Kier alpha value is -0.100. The molecule has 3 heterocycles. The summed E-state index contributed by atoms with van der Waals surface area (Å²) in [5.74, 6) is 0. The molecule has 1 spiro atoms. The van der Waals surface area contributed by atoms with Gasteiger partial charge in [-0.05, 0) is 71.6 Å². The fourth-order valence-electron chi connectivity index (χ4n) is 3.82. The summed E-state index contributed by atoms with van der Waals surface area (Å²) < 4.78 is 0. The molecule has 0 amide bonds. The second kappa shape index (κ2) is 7.42. The van der Waals surface area contributed by atoms with Crippen molar-refractivity contribution in [2.45, 2.75) is 38.4 Å². The lowest BCUT2D eigenvalue weighted by Gasteiger charge is -2.29. The first-order chi connectivity index (χ1) is 10.8. The summed E-state index contributed by atoms with van der Waals surface area (Å²) in [5, 5.41) is 11.0. The van der Waals surface area contributed by atoms with Crippen LogP contribution in [-0.2, 0) is 13.1 Å². The van der Waals surface area contributed by atoms with E-state index in [1.807, 2.05) is 6.07 Å². The first-order valence-corrected chi connectivity index (χ1v) is 10.1. The largest absolute Gasteiger partial charge is 0.317 e. The van der Waals surface area contributed by atoms with Crippen LogP contribution in [0.25, 0.3) is 0 Å². The highest BCUT2D eigenvalue weighted by atomic mass is 35.5. The SMILES string of the molecule is Cl.Clc1ccsc1CN(Cc1ccsc1)C1CC12CCNCC2. The van der Waals surface area contributed by atoms with E-state index in [4.69, 9.17) is 11.6 Å². The highest BCUT2D eigenvalue weighted by Gasteiger charge is 2.56. The maximum Gasteiger partial charge on any atom is 0.0558 e. The summed E-state index contributed by atoms with van der Waals surface area (Å²) in [5.41, 5.74) is 2.01. The number of thiophene rings is 2. The average Bonchev–Trinajstić information content (AvgIpc) is 2.90. The Balaban J connectivity index is 0.00000156. The molecular formula is C17H22Cl2N2S2. The minimum atomic E-state index is 0. The average molecular weight is 389 g/mol. The van der Waals surface area contributed by atoms with Crippen molar-refractivity contribution in [3.63, 3.8) is 0 Å². The highest BCUT2D eigenvalue weighted by molar-refractivity contribution is 7.10. The lowest BCUT2D eigenvalue weighted by Crippen LogP contribution is -2.35. The third-order valence-electron chi connectivity index (χ3n) is 5.19. The van der Waals surface area contributed by atoms with Crippen molar-refractivity contribution in [3.8, 4) is 0 Å². The molecule has 1 N–H and O–H groups in total. The molecule has 2 aromatic rings. The molecule has 0 aromatic carbocycles. The first-order valence-electron chi connectivity index (χ1n) is 7.95. The van der Waals surface area contributed by atoms with Crippen LogP contribution < -0.4 is 5.32 Å². The summed E-state index contributed by atoms with van der Waals surface area (Å²) in [6.07, 6.45) is 4.02. The molecule has 2 aromatic heterocycles. The molecule has 1 saturated heterocycles. The monoisotopic (exact) mass is 388 g/mol. The second-order valence-corrected chi connectivity index (χ2v) is 8.75. The highest BCUT2D eigenvalue weighted by Crippen LogP contribution is 2.56. The van der Waals surface area contributed by atoms with E-state index in [1.165, 1.54) is 42.8 Å². The van der Waals surface area contributed by atoms with E-state index < -0.39 is 0 Å². The molecule has 2 fully saturated rings. The van der Waals surface area contributed by atoms with Crippen LogP contribution in [0.5, 0.6) is 0 Å². The van der Waals surface area contributed by atoms with Crippen molar-refractivity contribution >= 4 is 46.7 Å². The predicted octanol–water partition coefficient (Wildman–Crippen LogP) is 5.03. The third kappa shape index (κ3) is 3.78. The number of hydrogen-bond acceptors (Lipinski definition) is 4. The normalized spacial score (nSPS) is 22.3. The van der Waals surface area contributed by atoms with Gasteiger partial charge in [0, 0.05) is 24.0 Å². The Morgan fingerprint density at radius 2 is 2.04 bits per heavy atom. The quantitative estimate of drug-likeness (QED) is 0.772. The molecule has 2 nitrogen and oxygen atoms in total. The van der Waals surface area contributed by atoms with E-state index in [-0.39, 0.29) is 12.4 Å². The van der Waals surface area contributed by atoms with Gasteiger partial charge in [-0.3, -0.25) is 4.90 Å². The van der Waals surface area contributed by atoms with E-state index in [0.29, 0.717) is 5.41 Å². The van der Waals surface area contributed by atoms with Gasteiger partial charge in [-0.2, -0.15) is 11.3 Å². The van der Waals surface area contributed by atoms with Gasteiger partial charge in [0.2, 0.25) is 0 Å². The maximum atomic E-state index is 6.34. The minimum absolute atomic E-state index is 0. The summed E-state index contributed by atoms with van der Waals surface area (Å²) in [6, 6.07) is 5.01. The predicted molar refractivity (Wildman–Crippen MR) is 103 cm³/mol. The van der Waals surface area contributed by atoms with Crippen LogP contribution in [0.2, 0.25) is 5.02 Å². The summed E-state index contributed by atoms with van der Waals surface area (Å²) in [6.45, 7) is 4.41. The fourth-order valence-corrected chi connectivity index (χ4v) is 5.60. The van der Waals surface area contributed by atoms with Crippen molar-refractivity contribution in [2.24, 2.45) is 5.41 Å². The van der Waals surface area contributed by atoms with Gasteiger partial charge in [-0.15, -0.1) is 23.7 Å². The van der Waals surface area contributed by atoms with Crippen molar-refractivity contribution in [2.75, 3.05) is 13.1 Å². The zero-order valence-corrected chi connectivity index (χ0v) is 16.2. The van der Waals surface area contributed by atoms with Gasteiger partial charge in [0.15, 0.2) is 0 Å². The Labute approximate surface area is 157 Å². The number of halogens is 2. The van der Waals surface area contributed by atoms with Gasteiger partial charge >= 0.3 is 0 Å². The van der Waals surface area contributed by atoms with Gasteiger partial charge in [-0.25, -0.2) is 0 Å². The van der Waals surface area contributed by atoms with Crippen molar-refractivity contribution in [1.82, 2.24) is 10.2 Å². The molecule has 1 atom stereocenters. The Kier molecular flexibility index (Phi) is 5.72. The lowest BCUT2D eigenvalue weighted by molar-refractivity contribution is 0.189.